The maximum Gasteiger partial charge on any atom is 0.256 e. The van der Waals surface area contributed by atoms with Crippen LogP contribution < -0.4 is 11.1 Å². The standard InChI is InChI=1S/C26H26N4O9/c1-30(2)19-14-6-11-5-13-10(7-28-25(37)12-8-29-39-9-12)3-4-15(31)17(13)20(32)16(11)22(34)26(14,38)23(35)18(21(19)33)24(27)36/h3-4,8-9,11,14,19,31,33-34,38H,5-7H2,1-2H3,(H2,27,36)(H,28,37). The first-order valence-corrected chi connectivity index (χ1v) is 12.1. The van der Waals surface area contributed by atoms with E-state index in [0.717, 1.165) is 0 Å². The number of Topliss-reactive ketones (excluding diaryl/α,β-unsaturated/α-hetero) is 2. The fourth-order valence-corrected chi connectivity index (χ4v) is 6.08. The van der Waals surface area contributed by atoms with E-state index in [1.165, 1.54) is 23.4 Å². The average Bonchev–Trinajstić information content (AvgIpc) is 3.40. The van der Waals surface area contributed by atoms with E-state index in [4.69, 9.17) is 5.73 Å². The predicted octanol–water partition coefficient (Wildman–Crippen LogP) is 0.0386. The number of amides is 2. The van der Waals surface area contributed by atoms with E-state index < -0.39 is 64.0 Å². The van der Waals surface area contributed by atoms with E-state index in [-0.39, 0.29) is 41.8 Å². The van der Waals surface area contributed by atoms with Crippen LogP contribution >= 0.6 is 0 Å². The highest BCUT2D eigenvalue weighted by Gasteiger charge is 2.63. The first kappa shape index (κ1) is 26.1. The fourth-order valence-electron chi connectivity index (χ4n) is 6.08. The third kappa shape index (κ3) is 3.72. The summed E-state index contributed by atoms with van der Waals surface area (Å²) in [7, 11) is 3.11. The molecule has 0 radical (unpaired) electrons. The molecule has 0 spiro atoms. The average molecular weight is 539 g/mol. The van der Waals surface area contributed by atoms with E-state index in [9.17, 15) is 39.6 Å². The molecule has 3 aliphatic carbocycles. The van der Waals surface area contributed by atoms with E-state index in [1.54, 1.807) is 20.2 Å². The molecule has 0 fully saturated rings. The van der Waals surface area contributed by atoms with Crippen molar-refractivity contribution in [2.24, 2.45) is 17.6 Å². The van der Waals surface area contributed by atoms with Gasteiger partial charge in [0, 0.05) is 18.0 Å². The molecule has 0 bridgehead atoms. The van der Waals surface area contributed by atoms with Crippen molar-refractivity contribution < 1.29 is 44.1 Å². The maximum atomic E-state index is 13.7. The molecule has 0 aliphatic heterocycles. The van der Waals surface area contributed by atoms with Crippen LogP contribution in [0.5, 0.6) is 5.75 Å². The maximum absolute atomic E-state index is 13.7. The molecular weight excluding hydrogens is 512 g/mol. The number of carbonyl (C=O) groups is 4. The Morgan fingerprint density at radius 2 is 1.95 bits per heavy atom. The van der Waals surface area contributed by atoms with E-state index in [2.05, 4.69) is 15.0 Å². The molecule has 4 atom stereocenters. The number of aliphatic hydroxyl groups excluding tert-OH is 2. The summed E-state index contributed by atoms with van der Waals surface area (Å²) in [5.74, 6) is -7.66. The largest absolute Gasteiger partial charge is 0.510 e. The summed E-state index contributed by atoms with van der Waals surface area (Å²) in [5.41, 5.74) is 2.53. The van der Waals surface area contributed by atoms with Crippen molar-refractivity contribution in [3.8, 4) is 5.75 Å². The molecule has 2 amide bonds. The molecule has 4 unspecified atom stereocenters. The number of aliphatic hydroxyl groups is 3. The number of hydrogen-bond acceptors (Lipinski definition) is 11. The third-order valence-corrected chi connectivity index (χ3v) is 7.84. The van der Waals surface area contributed by atoms with Crippen molar-refractivity contribution >= 4 is 23.4 Å². The van der Waals surface area contributed by atoms with Crippen LogP contribution in [0.1, 0.15) is 38.3 Å². The minimum atomic E-state index is -2.70. The van der Waals surface area contributed by atoms with Gasteiger partial charge in [0.05, 0.1) is 23.4 Å². The molecule has 2 aromatic rings. The number of nitrogens with zero attached hydrogens (tertiary/aromatic N) is 2. The molecular formula is C26H26N4O9. The number of phenolic OH excluding ortho intramolecular Hbond substituents is 1. The number of primary amides is 1. The van der Waals surface area contributed by atoms with Crippen LogP contribution in [0.25, 0.3) is 0 Å². The minimum absolute atomic E-state index is 0.00463. The number of likely N-dealkylation sites (N-methyl/N-ethyl adjacent to an activating group) is 1. The summed E-state index contributed by atoms with van der Waals surface area (Å²) in [6.07, 6.45) is 2.50. The van der Waals surface area contributed by atoms with Crippen LogP contribution in [0.15, 0.2) is 51.8 Å². The van der Waals surface area contributed by atoms with Crippen molar-refractivity contribution in [1.82, 2.24) is 15.4 Å². The number of phenols is 1. The van der Waals surface area contributed by atoms with Gasteiger partial charge in [-0.25, -0.2) is 0 Å². The van der Waals surface area contributed by atoms with Crippen LogP contribution in [-0.2, 0) is 22.6 Å². The van der Waals surface area contributed by atoms with Crippen LogP contribution in [0.2, 0.25) is 0 Å². The van der Waals surface area contributed by atoms with E-state index in [1.807, 2.05) is 0 Å². The quantitative estimate of drug-likeness (QED) is 0.279. The molecule has 0 saturated carbocycles. The lowest BCUT2D eigenvalue weighted by molar-refractivity contribution is -0.148. The number of fused-ring (bicyclic) bond motifs is 3. The summed E-state index contributed by atoms with van der Waals surface area (Å²) >= 11 is 0. The molecule has 1 heterocycles. The number of hydrogen-bond donors (Lipinski definition) is 6. The zero-order valence-corrected chi connectivity index (χ0v) is 21.0. The third-order valence-electron chi connectivity index (χ3n) is 7.84. The van der Waals surface area contributed by atoms with Gasteiger partial charge in [-0.1, -0.05) is 11.2 Å². The van der Waals surface area contributed by atoms with Crippen LogP contribution in [0.3, 0.4) is 0 Å². The van der Waals surface area contributed by atoms with Gasteiger partial charge in [-0.15, -0.1) is 0 Å². The number of allylic oxidation sites excluding steroid dienone is 1. The van der Waals surface area contributed by atoms with Crippen LogP contribution in [0.4, 0.5) is 0 Å². The number of aromatic hydroxyl groups is 1. The topological polar surface area (TPSA) is 217 Å². The zero-order valence-electron chi connectivity index (χ0n) is 21.0. The number of nitrogens with two attached hydrogens (primary N) is 1. The molecule has 13 heteroatoms. The highest BCUT2D eigenvalue weighted by molar-refractivity contribution is 6.24. The second-order valence-corrected chi connectivity index (χ2v) is 10.2. The smallest absolute Gasteiger partial charge is 0.256 e. The molecule has 7 N–H and O–H groups in total. The Labute approximate surface area is 221 Å². The fraction of sp³-hybridized carbons (Fsp3) is 0.346. The highest BCUT2D eigenvalue weighted by Crippen LogP contribution is 2.52. The molecule has 1 aromatic heterocycles. The van der Waals surface area contributed by atoms with Crippen LogP contribution in [0, 0.1) is 11.8 Å². The predicted molar refractivity (Wildman–Crippen MR) is 131 cm³/mol. The first-order valence-electron chi connectivity index (χ1n) is 12.1. The number of rotatable bonds is 5. The zero-order chi connectivity index (χ0) is 28.4. The first-order chi connectivity index (χ1) is 18.4. The lowest BCUT2D eigenvalue weighted by Gasteiger charge is -2.50. The van der Waals surface area contributed by atoms with Crippen molar-refractivity contribution in [3.05, 3.63) is 69.5 Å². The summed E-state index contributed by atoms with van der Waals surface area (Å²) in [4.78, 5) is 52.9. The van der Waals surface area contributed by atoms with Crippen molar-refractivity contribution in [2.75, 3.05) is 14.1 Å². The van der Waals surface area contributed by atoms with Gasteiger partial charge in [-0.05, 0) is 50.0 Å². The number of carbonyl (C=O) groups excluding carboxylic acids is 4. The number of ketones is 2. The van der Waals surface area contributed by atoms with Gasteiger partial charge in [-0.3, -0.25) is 24.1 Å². The SMILES string of the molecule is CN(C)C1C(O)=C(C(N)=O)C(=O)C2(O)C(O)=C3C(=O)c4c(O)ccc(CNC(=O)c5cnoc5)c4CC3CC12. The van der Waals surface area contributed by atoms with Gasteiger partial charge in [0.25, 0.3) is 11.8 Å². The summed E-state index contributed by atoms with van der Waals surface area (Å²) in [6, 6.07) is 1.75. The van der Waals surface area contributed by atoms with E-state index in [0.29, 0.717) is 11.1 Å². The summed E-state index contributed by atoms with van der Waals surface area (Å²) in [6.45, 7) is -0.00463. The van der Waals surface area contributed by atoms with Gasteiger partial charge in [0.2, 0.25) is 5.78 Å². The van der Waals surface area contributed by atoms with Gasteiger partial charge in [0.15, 0.2) is 11.4 Å². The molecule has 39 heavy (non-hydrogen) atoms. The minimum Gasteiger partial charge on any atom is -0.510 e. The molecule has 204 valence electrons. The lowest BCUT2D eigenvalue weighted by atomic mass is 9.58. The second kappa shape index (κ2) is 9.06. The highest BCUT2D eigenvalue weighted by atomic mass is 16.5. The number of benzene rings is 1. The molecule has 5 rings (SSSR count). The Kier molecular flexibility index (Phi) is 6.07. The summed E-state index contributed by atoms with van der Waals surface area (Å²) < 4.78 is 4.68. The van der Waals surface area contributed by atoms with Crippen molar-refractivity contribution in [1.29, 1.82) is 0 Å². The van der Waals surface area contributed by atoms with Crippen LogP contribution in [-0.4, -0.2) is 79.6 Å². The summed E-state index contributed by atoms with van der Waals surface area (Å²) in [5, 5.41) is 50.6. The molecule has 13 nitrogen and oxygen atoms in total. The molecule has 1 aromatic carbocycles. The Balaban J connectivity index is 1.59. The number of aromatic nitrogens is 1. The normalized spacial score (nSPS) is 26.3. The number of nitrogens with one attached hydrogen (secondary N) is 1. The van der Waals surface area contributed by atoms with Crippen molar-refractivity contribution in [3.63, 3.8) is 0 Å². The Morgan fingerprint density at radius 3 is 2.56 bits per heavy atom. The molecule has 0 saturated heterocycles. The van der Waals surface area contributed by atoms with Gasteiger partial charge >= 0.3 is 0 Å². The Morgan fingerprint density at radius 1 is 1.23 bits per heavy atom. The molecule has 3 aliphatic rings. The monoisotopic (exact) mass is 538 g/mol. The van der Waals surface area contributed by atoms with E-state index >= 15 is 0 Å². The van der Waals surface area contributed by atoms with Gasteiger partial charge in [-0.2, -0.15) is 0 Å². The van der Waals surface area contributed by atoms with Gasteiger partial charge < -0.3 is 36.0 Å². The Hall–Kier alpha value is -4.49. The second-order valence-electron chi connectivity index (χ2n) is 10.2. The van der Waals surface area contributed by atoms with Gasteiger partial charge in [0.1, 0.15) is 29.1 Å². The lowest BCUT2D eigenvalue weighted by Crippen LogP contribution is -2.63. The Bertz CT molecular complexity index is 1490. The van der Waals surface area contributed by atoms with Crippen molar-refractivity contribution in [2.45, 2.75) is 31.0 Å².